The maximum Gasteiger partial charge on any atom is 0.253 e. The Kier molecular flexibility index (Phi) is 4.69. The summed E-state index contributed by atoms with van der Waals surface area (Å²) in [7, 11) is 0. The zero-order valence-electron chi connectivity index (χ0n) is 10.6. The van der Waals surface area contributed by atoms with E-state index < -0.39 is 43.2 Å². The number of carbonyl (C=O) groups excluding carboxylic acids is 1. The predicted molar refractivity (Wildman–Crippen MR) is 67.7 cm³/mol. The lowest BCUT2D eigenvalue weighted by molar-refractivity contribution is -0.233. The first-order valence-corrected chi connectivity index (χ1v) is 6.21. The van der Waals surface area contributed by atoms with Gasteiger partial charge in [0.1, 0.15) is 24.4 Å². The zero-order valence-corrected chi connectivity index (χ0v) is 10.6. The van der Waals surface area contributed by atoms with Gasteiger partial charge in [0.15, 0.2) is 6.23 Å². The van der Waals surface area contributed by atoms with E-state index in [-0.39, 0.29) is 0 Å². The Morgan fingerprint density at radius 2 is 1.75 bits per heavy atom. The minimum atomic E-state index is -1.51. The molecule has 1 heterocycles. The van der Waals surface area contributed by atoms with E-state index in [1.54, 1.807) is 30.3 Å². The summed E-state index contributed by atoms with van der Waals surface area (Å²) < 4.78 is 5.18. The fourth-order valence-corrected chi connectivity index (χ4v) is 2.02. The molecule has 7 nitrogen and oxygen atoms in total. The number of aliphatic hydroxyl groups excluding tert-OH is 4. The van der Waals surface area contributed by atoms with Gasteiger partial charge in [0.25, 0.3) is 5.91 Å². The number of ether oxygens (including phenoxy) is 1. The van der Waals surface area contributed by atoms with Crippen molar-refractivity contribution in [2.24, 2.45) is 0 Å². The van der Waals surface area contributed by atoms with Crippen molar-refractivity contribution in [3.8, 4) is 0 Å². The van der Waals surface area contributed by atoms with Gasteiger partial charge in [-0.05, 0) is 12.1 Å². The average Bonchev–Trinajstić information content (AvgIpc) is 2.48. The Labute approximate surface area is 115 Å². The van der Waals surface area contributed by atoms with E-state index in [1.165, 1.54) is 0 Å². The van der Waals surface area contributed by atoms with Crippen LogP contribution in [0.25, 0.3) is 0 Å². The van der Waals surface area contributed by atoms with Crippen molar-refractivity contribution in [2.75, 3.05) is 6.61 Å². The SMILES string of the molecule is O=C(N[C@@H]1O[C@H](CO)[C@@H](O)[C@@H](O)[C@@H]1O)c1ccccc1. The monoisotopic (exact) mass is 283 g/mol. The van der Waals surface area contributed by atoms with Gasteiger partial charge in [0.05, 0.1) is 6.61 Å². The third-order valence-electron chi connectivity index (χ3n) is 3.20. The number of benzene rings is 1. The van der Waals surface area contributed by atoms with E-state index >= 15 is 0 Å². The van der Waals surface area contributed by atoms with Crippen LogP contribution in [0.15, 0.2) is 30.3 Å². The molecule has 20 heavy (non-hydrogen) atoms. The second-order valence-corrected chi connectivity index (χ2v) is 4.59. The minimum Gasteiger partial charge on any atom is -0.394 e. The molecule has 0 saturated carbocycles. The molecule has 1 aromatic rings. The molecule has 0 bridgehead atoms. The van der Waals surface area contributed by atoms with Crippen molar-refractivity contribution in [3.05, 3.63) is 35.9 Å². The highest BCUT2D eigenvalue weighted by molar-refractivity contribution is 5.94. The van der Waals surface area contributed by atoms with Gasteiger partial charge in [-0.1, -0.05) is 18.2 Å². The smallest absolute Gasteiger partial charge is 0.253 e. The molecule has 1 aliphatic rings. The third kappa shape index (κ3) is 2.97. The topological polar surface area (TPSA) is 119 Å². The van der Waals surface area contributed by atoms with E-state index in [0.717, 1.165) is 0 Å². The summed E-state index contributed by atoms with van der Waals surface area (Å²) >= 11 is 0. The van der Waals surface area contributed by atoms with Crippen molar-refractivity contribution in [2.45, 2.75) is 30.6 Å². The first-order valence-electron chi connectivity index (χ1n) is 6.21. The van der Waals surface area contributed by atoms with Crippen molar-refractivity contribution in [1.82, 2.24) is 5.32 Å². The normalized spacial score (nSPS) is 33.7. The maximum absolute atomic E-state index is 11.9. The molecule has 5 atom stereocenters. The molecule has 7 heteroatoms. The largest absolute Gasteiger partial charge is 0.394 e. The van der Waals surface area contributed by atoms with Crippen molar-refractivity contribution < 1.29 is 30.0 Å². The van der Waals surface area contributed by atoms with E-state index in [9.17, 15) is 20.1 Å². The summed E-state index contributed by atoms with van der Waals surface area (Å²) in [4.78, 5) is 11.9. The lowest BCUT2D eigenvalue weighted by atomic mass is 9.98. The molecule has 1 aromatic carbocycles. The van der Waals surface area contributed by atoms with Gasteiger partial charge in [0.2, 0.25) is 0 Å². The van der Waals surface area contributed by atoms with Gasteiger partial charge in [-0.2, -0.15) is 0 Å². The third-order valence-corrected chi connectivity index (χ3v) is 3.20. The molecule has 0 radical (unpaired) electrons. The molecule has 2 rings (SSSR count). The molecule has 5 N–H and O–H groups in total. The molecular weight excluding hydrogens is 266 g/mol. The van der Waals surface area contributed by atoms with Crippen LogP contribution in [0.3, 0.4) is 0 Å². The van der Waals surface area contributed by atoms with Crippen LogP contribution in [0.4, 0.5) is 0 Å². The second kappa shape index (κ2) is 6.29. The van der Waals surface area contributed by atoms with Crippen LogP contribution in [0, 0.1) is 0 Å². The molecule has 0 aliphatic carbocycles. The molecule has 0 aromatic heterocycles. The molecule has 0 unspecified atom stereocenters. The van der Waals surface area contributed by atoms with E-state index in [2.05, 4.69) is 5.32 Å². The number of hydrogen-bond acceptors (Lipinski definition) is 6. The summed E-state index contributed by atoms with van der Waals surface area (Å²) in [6.07, 6.45) is -6.70. The second-order valence-electron chi connectivity index (χ2n) is 4.59. The molecule has 1 saturated heterocycles. The van der Waals surface area contributed by atoms with Gasteiger partial charge in [-0.25, -0.2) is 0 Å². The van der Waals surface area contributed by atoms with Crippen LogP contribution in [0.2, 0.25) is 0 Å². The summed E-state index contributed by atoms with van der Waals surface area (Å²) in [5.41, 5.74) is 0.365. The summed E-state index contributed by atoms with van der Waals surface area (Å²) in [5.74, 6) is -0.491. The van der Waals surface area contributed by atoms with Crippen LogP contribution in [-0.4, -0.2) is 63.6 Å². The lowest BCUT2D eigenvalue weighted by Gasteiger charge is -2.40. The molecule has 1 amide bonds. The Morgan fingerprint density at radius 3 is 2.35 bits per heavy atom. The quantitative estimate of drug-likeness (QED) is 0.447. The van der Waals surface area contributed by atoms with Gasteiger partial charge in [0, 0.05) is 5.56 Å². The molecule has 0 spiro atoms. The van der Waals surface area contributed by atoms with Crippen LogP contribution in [0.1, 0.15) is 10.4 Å². The van der Waals surface area contributed by atoms with Gasteiger partial charge in [-0.3, -0.25) is 4.79 Å². The Bertz CT molecular complexity index is 451. The van der Waals surface area contributed by atoms with Crippen LogP contribution in [-0.2, 0) is 4.74 Å². The minimum absolute atomic E-state index is 0.365. The fraction of sp³-hybridized carbons (Fsp3) is 0.462. The lowest BCUT2D eigenvalue weighted by Crippen LogP contribution is -2.63. The first-order chi connectivity index (χ1) is 9.54. The number of amides is 1. The average molecular weight is 283 g/mol. The Hall–Kier alpha value is -1.51. The van der Waals surface area contributed by atoms with Gasteiger partial charge >= 0.3 is 0 Å². The highest BCUT2D eigenvalue weighted by atomic mass is 16.6. The number of aliphatic hydroxyl groups is 4. The highest BCUT2D eigenvalue weighted by Crippen LogP contribution is 2.20. The zero-order chi connectivity index (χ0) is 14.7. The Balaban J connectivity index is 2.06. The van der Waals surface area contributed by atoms with Crippen LogP contribution < -0.4 is 5.32 Å². The summed E-state index contributed by atoms with van der Waals surface area (Å²) in [6.45, 7) is -0.539. The Morgan fingerprint density at radius 1 is 1.10 bits per heavy atom. The number of hydrogen-bond donors (Lipinski definition) is 5. The summed E-state index contributed by atoms with van der Waals surface area (Å²) in [5, 5.41) is 40.5. The standard InChI is InChI=1S/C13H17NO6/c15-6-8-9(16)10(17)11(18)13(20-8)14-12(19)7-4-2-1-3-5-7/h1-5,8-11,13,15-18H,6H2,(H,14,19)/t8-,9-,10-,11+,13-/m1/s1. The van der Waals surface area contributed by atoms with Crippen molar-refractivity contribution in [1.29, 1.82) is 0 Å². The number of rotatable bonds is 3. The van der Waals surface area contributed by atoms with Crippen LogP contribution >= 0.6 is 0 Å². The van der Waals surface area contributed by atoms with E-state index in [1.807, 2.05) is 0 Å². The van der Waals surface area contributed by atoms with Gasteiger partial charge < -0.3 is 30.5 Å². The fourth-order valence-electron chi connectivity index (χ4n) is 2.02. The number of carbonyl (C=O) groups is 1. The van der Waals surface area contributed by atoms with Crippen molar-refractivity contribution in [3.63, 3.8) is 0 Å². The van der Waals surface area contributed by atoms with E-state index in [0.29, 0.717) is 5.56 Å². The highest BCUT2D eigenvalue weighted by Gasteiger charge is 2.43. The van der Waals surface area contributed by atoms with E-state index in [4.69, 9.17) is 9.84 Å². The summed E-state index contributed by atoms with van der Waals surface area (Å²) in [6, 6.07) is 8.29. The molecular formula is C13H17NO6. The molecule has 110 valence electrons. The maximum atomic E-state index is 11.9. The van der Waals surface area contributed by atoms with Crippen LogP contribution in [0.5, 0.6) is 0 Å². The predicted octanol–water partition coefficient (Wildman–Crippen LogP) is -1.78. The van der Waals surface area contributed by atoms with Gasteiger partial charge in [-0.15, -0.1) is 0 Å². The first kappa shape index (κ1) is 14.9. The molecule has 1 aliphatic heterocycles. The molecule has 1 fully saturated rings. The number of nitrogens with one attached hydrogen (secondary N) is 1. The van der Waals surface area contributed by atoms with Crippen molar-refractivity contribution >= 4 is 5.91 Å².